The van der Waals surface area contributed by atoms with E-state index in [1.807, 2.05) is 12.1 Å². The lowest BCUT2D eigenvalue weighted by Crippen LogP contribution is -2.15. The average molecular weight is 263 g/mol. The number of hydrogen-bond acceptors (Lipinski definition) is 3. The maximum absolute atomic E-state index is 10.7. The Balaban J connectivity index is 2.22. The summed E-state index contributed by atoms with van der Waals surface area (Å²) in [5.74, 6) is 0.416. The highest BCUT2D eigenvalue weighted by atomic mass is 35.5. The second kappa shape index (κ2) is 5.06. The molecule has 0 aliphatic rings. The van der Waals surface area contributed by atoms with Crippen LogP contribution in [0.1, 0.15) is 12.2 Å². The average Bonchev–Trinajstić information content (AvgIpc) is 2.78. The summed E-state index contributed by atoms with van der Waals surface area (Å²) in [5, 5.41) is 8.30. The van der Waals surface area contributed by atoms with Gasteiger partial charge < -0.3 is 15.6 Å². The number of nitrogens with two attached hydrogens (primary N) is 1. The van der Waals surface area contributed by atoms with Crippen LogP contribution in [0.3, 0.4) is 0 Å². The fourth-order valence-electron chi connectivity index (χ4n) is 1.53. The Bertz CT molecular complexity index is 587. The van der Waals surface area contributed by atoms with Crippen LogP contribution in [0.2, 0.25) is 5.02 Å². The van der Waals surface area contributed by atoms with Crippen molar-refractivity contribution in [3.8, 4) is 11.3 Å². The molecule has 1 aromatic carbocycles. The van der Waals surface area contributed by atoms with Crippen LogP contribution in [-0.4, -0.2) is 11.6 Å². The molecule has 0 aliphatic carbocycles. The first-order chi connectivity index (χ1) is 8.56. The summed E-state index contributed by atoms with van der Waals surface area (Å²) in [6, 6.07) is 10.6. The molecule has 18 heavy (non-hydrogen) atoms. The second-order valence-corrected chi connectivity index (χ2v) is 4.23. The third kappa shape index (κ3) is 2.78. The fraction of sp³-hybridized carbons (Fsp3) is 0.0769. The molecule has 3 N–H and O–H groups in total. The number of furan rings is 1. The van der Waals surface area contributed by atoms with Crippen molar-refractivity contribution in [2.45, 2.75) is 6.42 Å². The minimum absolute atomic E-state index is 0.0720. The highest BCUT2D eigenvalue weighted by molar-refractivity contribution is 6.30. The van der Waals surface area contributed by atoms with Gasteiger partial charge in [-0.25, -0.2) is 0 Å². The van der Waals surface area contributed by atoms with E-state index in [1.165, 1.54) is 0 Å². The molecule has 4 nitrogen and oxygen atoms in total. The van der Waals surface area contributed by atoms with Gasteiger partial charge in [0.25, 0.3) is 0 Å². The van der Waals surface area contributed by atoms with Gasteiger partial charge in [0.05, 0.1) is 12.1 Å². The summed E-state index contributed by atoms with van der Waals surface area (Å²) in [4.78, 5) is 10.7. The zero-order valence-electron chi connectivity index (χ0n) is 9.44. The van der Waals surface area contributed by atoms with Crippen molar-refractivity contribution >= 4 is 23.2 Å². The van der Waals surface area contributed by atoms with Gasteiger partial charge in [0.1, 0.15) is 11.5 Å². The summed E-state index contributed by atoms with van der Waals surface area (Å²) >= 11 is 5.80. The molecule has 0 radical (unpaired) electrons. The predicted octanol–water partition coefficient (Wildman–Crippen LogP) is 2.84. The lowest BCUT2D eigenvalue weighted by molar-refractivity contribution is -0.116. The molecule has 1 amide bonds. The van der Waals surface area contributed by atoms with Gasteiger partial charge in [-0.1, -0.05) is 11.6 Å². The third-order valence-electron chi connectivity index (χ3n) is 2.38. The molecule has 1 heterocycles. The molecule has 0 atom stereocenters. The van der Waals surface area contributed by atoms with Gasteiger partial charge in [-0.05, 0) is 36.4 Å². The molecule has 0 unspecified atom stereocenters. The standard InChI is InChI=1S/C13H11ClN2O2/c14-9-3-1-8(2-4-9)11-5-6-12(18-11)10(15)7-13(16)17/h1-6,15H,7H2,(H2,16,17). The normalized spacial score (nSPS) is 10.3. The molecule has 5 heteroatoms. The topological polar surface area (TPSA) is 80.1 Å². The quantitative estimate of drug-likeness (QED) is 0.831. The number of carbonyl (C=O) groups excluding carboxylic acids is 1. The van der Waals surface area contributed by atoms with E-state index < -0.39 is 5.91 Å². The molecular weight excluding hydrogens is 252 g/mol. The second-order valence-electron chi connectivity index (χ2n) is 3.79. The largest absolute Gasteiger partial charge is 0.455 e. The first-order valence-corrected chi connectivity index (χ1v) is 5.66. The lowest BCUT2D eigenvalue weighted by Gasteiger charge is -1.98. The zero-order valence-corrected chi connectivity index (χ0v) is 10.2. The fourth-order valence-corrected chi connectivity index (χ4v) is 1.66. The van der Waals surface area contributed by atoms with Gasteiger partial charge >= 0.3 is 0 Å². The molecule has 0 saturated carbocycles. The van der Waals surface area contributed by atoms with Gasteiger partial charge in [0.2, 0.25) is 5.91 Å². The number of halogens is 1. The summed E-state index contributed by atoms with van der Waals surface area (Å²) in [6.07, 6.45) is -0.131. The van der Waals surface area contributed by atoms with E-state index in [-0.39, 0.29) is 12.1 Å². The van der Waals surface area contributed by atoms with Crippen molar-refractivity contribution in [3.63, 3.8) is 0 Å². The van der Waals surface area contributed by atoms with Crippen LogP contribution in [0, 0.1) is 5.41 Å². The summed E-state index contributed by atoms with van der Waals surface area (Å²) < 4.78 is 5.50. The van der Waals surface area contributed by atoms with E-state index in [1.54, 1.807) is 24.3 Å². The molecule has 92 valence electrons. The maximum Gasteiger partial charge on any atom is 0.223 e. The molecular formula is C13H11ClN2O2. The Hall–Kier alpha value is -2.07. The van der Waals surface area contributed by atoms with Crippen LogP contribution in [0.4, 0.5) is 0 Å². The van der Waals surface area contributed by atoms with Gasteiger partial charge in [-0.15, -0.1) is 0 Å². The number of amides is 1. The molecule has 0 spiro atoms. The van der Waals surface area contributed by atoms with Crippen LogP contribution < -0.4 is 5.73 Å². The van der Waals surface area contributed by atoms with Crippen molar-refractivity contribution < 1.29 is 9.21 Å². The van der Waals surface area contributed by atoms with Crippen LogP contribution in [0.15, 0.2) is 40.8 Å². The molecule has 1 aromatic heterocycles. The smallest absolute Gasteiger partial charge is 0.223 e. The monoisotopic (exact) mass is 262 g/mol. The van der Waals surface area contributed by atoms with E-state index in [2.05, 4.69) is 0 Å². The number of hydrogen-bond donors (Lipinski definition) is 2. The molecule has 0 aliphatic heterocycles. The van der Waals surface area contributed by atoms with Crippen LogP contribution in [0.25, 0.3) is 11.3 Å². The highest BCUT2D eigenvalue weighted by Crippen LogP contribution is 2.24. The molecule has 2 aromatic rings. The predicted molar refractivity (Wildman–Crippen MR) is 69.8 cm³/mol. The van der Waals surface area contributed by atoms with Gasteiger partial charge in [-0.2, -0.15) is 0 Å². The zero-order chi connectivity index (χ0) is 13.1. The third-order valence-corrected chi connectivity index (χ3v) is 2.64. The molecule has 2 rings (SSSR count). The number of primary amides is 1. The van der Waals surface area contributed by atoms with E-state index in [4.69, 9.17) is 27.2 Å². The Kier molecular flexibility index (Phi) is 3.48. The maximum atomic E-state index is 10.7. The molecule has 0 bridgehead atoms. The van der Waals surface area contributed by atoms with Crippen molar-refractivity contribution in [2.24, 2.45) is 5.73 Å². The van der Waals surface area contributed by atoms with E-state index in [0.717, 1.165) is 5.56 Å². The van der Waals surface area contributed by atoms with Crippen molar-refractivity contribution in [3.05, 3.63) is 47.2 Å². The number of nitrogens with one attached hydrogen (secondary N) is 1. The SMILES string of the molecule is N=C(CC(N)=O)c1ccc(-c2ccc(Cl)cc2)o1. The lowest BCUT2D eigenvalue weighted by atomic mass is 10.2. The van der Waals surface area contributed by atoms with Gasteiger partial charge in [-0.3, -0.25) is 4.79 Å². The minimum atomic E-state index is -0.551. The molecule has 0 fully saturated rings. The first kappa shape index (κ1) is 12.4. The van der Waals surface area contributed by atoms with E-state index in [0.29, 0.717) is 16.5 Å². The van der Waals surface area contributed by atoms with Crippen LogP contribution in [0.5, 0.6) is 0 Å². The Morgan fingerprint density at radius 3 is 2.50 bits per heavy atom. The Morgan fingerprint density at radius 2 is 1.89 bits per heavy atom. The number of rotatable bonds is 4. The van der Waals surface area contributed by atoms with E-state index >= 15 is 0 Å². The minimum Gasteiger partial charge on any atom is -0.455 e. The van der Waals surface area contributed by atoms with Gasteiger partial charge in [0.15, 0.2) is 0 Å². The summed E-state index contributed by atoms with van der Waals surface area (Å²) in [6.45, 7) is 0. The van der Waals surface area contributed by atoms with Crippen LogP contribution in [-0.2, 0) is 4.79 Å². The van der Waals surface area contributed by atoms with Crippen molar-refractivity contribution in [2.75, 3.05) is 0 Å². The van der Waals surface area contributed by atoms with Crippen LogP contribution >= 0.6 is 11.6 Å². The Labute approximate surface area is 109 Å². The number of benzene rings is 1. The Morgan fingerprint density at radius 1 is 1.22 bits per heavy atom. The highest BCUT2D eigenvalue weighted by Gasteiger charge is 2.11. The first-order valence-electron chi connectivity index (χ1n) is 5.28. The molecule has 0 saturated heterocycles. The number of carbonyl (C=O) groups is 1. The summed E-state index contributed by atoms with van der Waals surface area (Å²) in [7, 11) is 0. The van der Waals surface area contributed by atoms with Gasteiger partial charge in [0, 0.05) is 10.6 Å². The van der Waals surface area contributed by atoms with E-state index in [9.17, 15) is 4.79 Å². The van der Waals surface area contributed by atoms with Crippen molar-refractivity contribution in [1.29, 1.82) is 5.41 Å². The summed E-state index contributed by atoms with van der Waals surface area (Å²) in [5.41, 5.74) is 5.96. The van der Waals surface area contributed by atoms with Crippen molar-refractivity contribution in [1.82, 2.24) is 0 Å².